The molecule has 0 aliphatic carbocycles. The van der Waals surface area contributed by atoms with Crippen LogP contribution in [0.1, 0.15) is 34.5 Å². The zero-order valence-electron chi connectivity index (χ0n) is 17.8. The lowest BCUT2D eigenvalue weighted by atomic mass is 10.1. The van der Waals surface area contributed by atoms with Crippen molar-refractivity contribution in [3.05, 3.63) is 71.4 Å². The Morgan fingerprint density at radius 3 is 2.68 bits per heavy atom. The summed E-state index contributed by atoms with van der Waals surface area (Å²) in [6.07, 6.45) is 2.26. The molecule has 6 nitrogen and oxygen atoms in total. The summed E-state index contributed by atoms with van der Waals surface area (Å²) in [6.45, 7) is 5.68. The number of aromatic nitrogens is 3. The van der Waals surface area contributed by atoms with Crippen LogP contribution in [0.5, 0.6) is 0 Å². The zero-order valence-corrected chi connectivity index (χ0v) is 17.8. The van der Waals surface area contributed by atoms with Gasteiger partial charge in [-0.1, -0.05) is 30.3 Å². The van der Waals surface area contributed by atoms with Crippen LogP contribution in [0.3, 0.4) is 0 Å². The van der Waals surface area contributed by atoms with Crippen LogP contribution in [0.15, 0.2) is 54.6 Å². The minimum Gasteiger partial charge on any atom is -0.376 e. The number of fused-ring (bicyclic) bond motifs is 1. The highest BCUT2D eigenvalue weighted by atomic mass is 16.5. The number of carbonyl (C=O) groups excluding carboxylic acids is 1. The summed E-state index contributed by atoms with van der Waals surface area (Å²) in [6, 6.07) is 17.3. The Hall–Kier alpha value is -3.38. The molecular formula is C25H26N4O2. The molecule has 6 heteroatoms. The number of nitrogens with one attached hydrogen (secondary N) is 2. The molecule has 4 aromatic rings. The van der Waals surface area contributed by atoms with Crippen molar-refractivity contribution in [1.82, 2.24) is 14.5 Å². The first-order valence-electron chi connectivity index (χ1n) is 10.7. The van der Waals surface area contributed by atoms with Crippen LogP contribution in [0.25, 0.3) is 22.4 Å². The van der Waals surface area contributed by atoms with Crippen LogP contribution in [0.4, 0.5) is 5.82 Å². The van der Waals surface area contributed by atoms with Gasteiger partial charge in [0.25, 0.3) is 5.91 Å². The lowest BCUT2D eigenvalue weighted by Gasteiger charge is -2.17. The van der Waals surface area contributed by atoms with Gasteiger partial charge in [-0.05, 0) is 56.5 Å². The molecule has 1 aliphatic heterocycles. The summed E-state index contributed by atoms with van der Waals surface area (Å²) in [4.78, 5) is 21.3. The normalized spacial score (nSPS) is 16.1. The number of para-hydroxylation sites is 2. The number of hydrogen-bond donors (Lipinski definition) is 2. The Labute approximate surface area is 181 Å². The molecule has 1 fully saturated rings. The summed E-state index contributed by atoms with van der Waals surface area (Å²) in [5, 5.41) is 3.18. The average molecular weight is 415 g/mol. The second-order valence-corrected chi connectivity index (χ2v) is 8.10. The summed E-state index contributed by atoms with van der Waals surface area (Å²) in [5.41, 5.74) is 5.63. The van der Waals surface area contributed by atoms with Gasteiger partial charge in [0.05, 0.1) is 29.2 Å². The number of ether oxygens (including phenoxy) is 1. The molecule has 0 bridgehead atoms. The molecular weight excluding hydrogens is 388 g/mol. The molecule has 1 atom stereocenters. The Balaban J connectivity index is 1.62. The molecule has 0 radical (unpaired) electrons. The summed E-state index contributed by atoms with van der Waals surface area (Å²) in [5.74, 6) is 1.39. The van der Waals surface area contributed by atoms with E-state index in [1.807, 2.05) is 54.6 Å². The molecule has 1 saturated heterocycles. The SMILES string of the molecule is Cc1c(-c2nc3ccccc3[nH]2)c(NC(=O)c2ccccc2)n(C[C@@H]2CCCO2)c1C. The standard InChI is InChI=1S/C25H26N4O2/c1-16-17(2)29(15-19-11-8-14-31-19)24(28-25(30)18-9-4-3-5-10-18)22(16)23-26-20-12-6-7-13-21(20)27-23/h3-7,9-10,12-13,19H,8,11,14-15H2,1-2H3,(H,26,27)(H,28,30)/t19-/m0/s1. The number of H-pyrrole nitrogens is 1. The first kappa shape index (κ1) is 19.6. The number of imidazole rings is 1. The van der Waals surface area contributed by atoms with Crippen molar-refractivity contribution in [1.29, 1.82) is 0 Å². The van der Waals surface area contributed by atoms with E-state index >= 15 is 0 Å². The number of benzene rings is 2. The Bertz CT molecular complexity index is 1200. The van der Waals surface area contributed by atoms with Gasteiger partial charge in [-0.25, -0.2) is 4.98 Å². The van der Waals surface area contributed by atoms with Gasteiger partial charge in [0.2, 0.25) is 0 Å². The number of anilines is 1. The van der Waals surface area contributed by atoms with E-state index in [1.54, 1.807) is 0 Å². The number of rotatable bonds is 5. The van der Waals surface area contributed by atoms with Gasteiger partial charge < -0.3 is 19.6 Å². The lowest BCUT2D eigenvalue weighted by molar-refractivity contribution is 0.0962. The number of amides is 1. The maximum Gasteiger partial charge on any atom is 0.256 e. The summed E-state index contributed by atoms with van der Waals surface area (Å²) < 4.78 is 8.08. The van der Waals surface area contributed by atoms with Crippen LogP contribution in [0.2, 0.25) is 0 Å². The number of hydrogen-bond acceptors (Lipinski definition) is 3. The fraction of sp³-hybridized carbons (Fsp3) is 0.280. The van der Waals surface area contributed by atoms with Gasteiger partial charge in [-0.2, -0.15) is 0 Å². The van der Waals surface area contributed by atoms with Crippen LogP contribution in [0, 0.1) is 13.8 Å². The van der Waals surface area contributed by atoms with Crippen molar-refractivity contribution in [3.8, 4) is 11.4 Å². The van der Waals surface area contributed by atoms with Gasteiger partial charge in [-0.15, -0.1) is 0 Å². The van der Waals surface area contributed by atoms with E-state index < -0.39 is 0 Å². The summed E-state index contributed by atoms with van der Waals surface area (Å²) >= 11 is 0. The highest BCUT2D eigenvalue weighted by Crippen LogP contribution is 2.36. The number of nitrogens with zero attached hydrogens (tertiary/aromatic N) is 2. The van der Waals surface area contributed by atoms with E-state index in [2.05, 4.69) is 28.7 Å². The monoisotopic (exact) mass is 414 g/mol. The van der Waals surface area contributed by atoms with Crippen molar-refractivity contribution >= 4 is 22.8 Å². The third-order valence-corrected chi connectivity index (χ3v) is 6.13. The molecule has 3 heterocycles. The third-order valence-electron chi connectivity index (χ3n) is 6.13. The summed E-state index contributed by atoms with van der Waals surface area (Å²) in [7, 11) is 0. The van der Waals surface area contributed by atoms with Gasteiger partial charge in [-0.3, -0.25) is 4.79 Å². The van der Waals surface area contributed by atoms with Crippen molar-refractivity contribution in [3.63, 3.8) is 0 Å². The van der Waals surface area contributed by atoms with E-state index in [-0.39, 0.29) is 12.0 Å². The Kier molecular flexibility index (Phi) is 5.08. The molecule has 158 valence electrons. The molecule has 1 aliphatic rings. The van der Waals surface area contributed by atoms with Crippen LogP contribution in [-0.4, -0.2) is 33.2 Å². The van der Waals surface area contributed by atoms with Crippen molar-refractivity contribution in [2.24, 2.45) is 0 Å². The van der Waals surface area contributed by atoms with Crippen molar-refractivity contribution in [2.45, 2.75) is 39.3 Å². The molecule has 2 aromatic carbocycles. The Morgan fingerprint density at radius 2 is 1.94 bits per heavy atom. The van der Waals surface area contributed by atoms with E-state index in [0.29, 0.717) is 12.1 Å². The fourth-order valence-electron chi connectivity index (χ4n) is 4.34. The Morgan fingerprint density at radius 1 is 1.16 bits per heavy atom. The van der Waals surface area contributed by atoms with Crippen molar-refractivity contribution < 1.29 is 9.53 Å². The minimum atomic E-state index is -0.135. The second-order valence-electron chi connectivity index (χ2n) is 8.10. The molecule has 31 heavy (non-hydrogen) atoms. The molecule has 5 rings (SSSR count). The van der Waals surface area contributed by atoms with Gasteiger partial charge in [0.15, 0.2) is 0 Å². The minimum absolute atomic E-state index is 0.135. The average Bonchev–Trinajstić information content (AvgIpc) is 3.50. The van der Waals surface area contributed by atoms with Crippen LogP contribution >= 0.6 is 0 Å². The first-order valence-corrected chi connectivity index (χ1v) is 10.7. The molecule has 0 unspecified atom stereocenters. The lowest BCUT2D eigenvalue weighted by Crippen LogP contribution is -2.21. The number of carbonyl (C=O) groups is 1. The number of aromatic amines is 1. The third kappa shape index (κ3) is 3.64. The highest BCUT2D eigenvalue weighted by molar-refractivity contribution is 6.06. The van der Waals surface area contributed by atoms with Gasteiger partial charge in [0.1, 0.15) is 11.6 Å². The van der Waals surface area contributed by atoms with Gasteiger partial charge >= 0.3 is 0 Å². The topological polar surface area (TPSA) is 71.9 Å². The van der Waals surface area contributed by atoms with Crippen LogP contribution in [-0.2, 0) is 11.3 Å². The van der Waals surface area contributed by atoms with E-state index in [4.69, 9.17) is 9.72 Å². The first-order chi connectivity index (χ1) is 15.1. The molecule has 0 saturated carbocycles. The predicted molar refractivity (Wildman–Crippen MR) is 122 cm³/mol. The fourth-order valence-corrected chi connectivity index (χ4v) is 4.34. The van der Waals surface area contributed by atoms with E-state index in [1.165, 1.54) is 0 Å². The van der Waals surface area contributed by atoms with Crippen LogP contribution < -0.4 is 5.32 Å². The largest absolute Gasteiger partial charge is 0.376 e. The second kappa shape index (κ2) is 8.04. The predicted octanol–water partition coefficient (Wildman–Crippen LogP) is 5.08. The van der Waals surface area contributed by atoms with Gasteiger partial charge in [0, 0.05) is 17.9 Å². The van der Waals surface area contributed by atoms with Crippen molar-refractivity contribution in [2.75, 3.05) is 11.9 Å². The van der Waals surface area contributed by atoms with E-state index in [0.717, 1.165) is 58.9 Å². The molecule has 1 amide bonds. The zero-order chi connectivity index (χ0) is 21.4. The highest BCUT2D eigenvalue weighted by Gasteiger charge is 2.26. The van der Waals surface area contributed by atoms with E-state index in [9.17, 15) is 4.79 Å². The molecule has 2 aromatic heterocycles. The smallest absolute Gasteiger partial charge is 0.256 e. The quantitative estimate of drug-likeness (QED) is 0.478. The molecule has 2 N–H and O–H groups in total. The maximum absolute atomic E-state index is 13.1. The maximum atomic E-state index is 13.1. The molecule has 0 spiro atoms.